The Bertz CT molecular complexity index is 301. The topological polar surface area (TPSA) is 35.6 Å². The first kappa shape index (κ1) is 12.3. The number of piperazine rings is 1. The van der Waals surface area contributed by atoms with Gasteiger partial charge >= 0.3 is 6.03 Å². The van der Waals surface area contributed by atoms with Crippen LogP contribution in [0.5, 0.6) is 0 Å². The van der Waals surface area contributed by atoms with Gasteiger partial charge in [0.25, 0.3) is 0 Å². The third-order valence-corrected chi connectivity index (χ3v) is 4.83. The van der Waals surface area contributed by atoms with Gasteiger partial charge in [-0.25, -0.2) is 4.79 Å². The maximum Gasteiger partial charge on any atom is 0.320 e. The minimum atomic E-state index is 0.289. The first-order valence-corrected chi connectivity index (χ1v) is 7.61. The molecule has 0 radical (unpaired) electrons. The van der Waals surface area contributed by atoms with Crippen LogP contribution in [0.1, 0.15) is 38.5 Å². The van der Waals surface area contributed by atoms with Crippen LogP contribution in [0.2, 0.25) is 0 Å². The van der Waals surface area contributed by atoms with Gasteiger partial charge in [0, 0.05) is 32.7 Å². The van der Waals surface area contributed by atoms with Gasteiger partial charge in [-0.15, -0.1) is 0 Å². The van der Waals surface area contributed by atoms with E-state index in [9.17, 15) is 4.79 Å². The Morgan fingerprint density at radius 3 is 2.83 bits per heavy atom. The number of nitrogens with one attached hydrogen (secondary N) is 1. The summed E-state index contributed by atoms with van der Waals surface area (Å²) in [6.45, 7) is 4.75. The van der Waals surface area contributed by atoms with Crippen LogP contribution in [0.4, 0.5) is 4.79 Å². The van der Waals surface area contributed by atoms with Crippen LogP contribution >= 0.6 is 0 Å². The van der Waals surface area contributed by atoms with Gasteiger partial charge in [0.15, 0.2) is 0 Å². The Morgan fingerprint density at radius 2 is 2.06 bits per heavy atom. The Hall–Kier alpha value is -0.770. The van der Waals surface area contributed by atoms with Gasteiger partial charge in [-0.2, -0.15) is 0 Å². The largest absolute Gasteiger partial charge is 0.323 e. The van der Waals surface area contributed by atoms with Gasteiger partial charge in [-0.3, -0.25) is 0 Å². The molecule has 3 rings (SSSR count). The summed E-state index contributed by atoms with van der Waals surface area (Å²) in [7, 11) is 0. The van der Waals surface area contributed by atoms with Crippen molar-refractivity contribution in [3.63, 3.8) is 0 Å². The molecule has 4 heteroatoms. The highest BCUT2D eigenvalue weighted by atomic mass is 16.2. The summed E-state index contributed by atoms with van der Waals surface area (Å²) in [5.41, 5.74) is 0. The molecular formula is C14H25N3O. The number of urea groups is 1. The van der Waals surface area contributed by atoms with Crippen LogP contribution in [0.25, 0.3) is 0 Å². The first-order chi connectivity index (χ1) is 8.84. The van der Waals surface area contributed by atoms with Gasteiger partial charge < -0.3 is 15.1 Å². The lowest BCUT2D eigenvalue weighted by molar-refractivity contribution is 0.176. The molecule has 0 aromatic carbocycles. The zero-order valence-electron chi connectivity index (χ0n) is 11.2. The molecule has 102 valence electrons. The monoisotopic (exact) mass is 251 g/mol. The van der Waals surface area contributed by atoms with Gasteiger partial charge in [0.1, 0.15) is 0 Å². The number of carbonyl (C=O) groups excluding carboxylic acids is 1. The summed E-state index contributed by atoms with van der Waals surface area (Å²) < 4.78 is 0. The second-order valence-electron chi connectivity index (χ2n) is 6.07. The highest BCUT2D eigenvalue weighted by Crippen LogP contribution is 2.27. The maximum absolute atomic E-state index is 12.2. The summed E-state index contributed by atoms with van der Waals surface area (Å²) >= 11 is 0. The molecule has 18 heavy (non-hydrogen) atoms. The minimum absolute atomic E-state index is 0.289. The fourth-order valence-corrected chi connectivity index (χ4v) is 3.69. The second-order valence-corrected chi connectivity index (χ2v) is 6.07. The van der Waals surface area contributed by atoms with Crippen LogP contribution in [-0.4, -0.2) is 54.6 Å². The number of hydrogen-bond acceptors (Lipinski definition) is 2. The molecule has 1 saturated carbocycles. The van der Waals surface area contributed by atoms with E-state index in [1.165, 1.54) is 38.5 Å². The van der Waals surface area contributed by atoms with Crippen molar-refractivity contribution >= 4 is 6.03 Å². The number of carbonyl (C=O) groups is 1. The standard InChI is InChI=1S/C14H25N3O/c18-14-16(8-6-12-4-2-1-3-5-12)11-13-10-15-7-9-17(13)14/h12-13,15H,1-11H2. The van der Waals surface area contributed by atoms with Gasteiger partial charge in [-0.1, -0.05) is 32.1 Å². The SMILES string of the molecule is O=C1N(CCC2CCCCC2)CC2CNCCN12. The highest BCUT2D eigenvalue weighted by Gasteiger charge is 2.38. The molecule has 1 aliphatic carbocycles. The Morgan fingerprint density at radius 1 is 1.22 bits per heavy atom. The molecule has 0 aromatic rings. The third-order valence-electron chi connectivity index (χ3n) is 4.83. The number of hydrogen-bond donors (Lipinski definition) is 1. The van der Waals surface area contributed by atoms with Gasteiger partial charge in [-0.05, 0) is 12.3 Å². The lowest BCUT2D eigenvalue weighted by atomic mass is 9.87. The predicted octanol–water partition coefficient (Wildman–Crippen LogP) is 1.67. The molecule has 0 bridgehead atoms. The van der Waals surface area contributed by atoms with Crippen molar-refractivity contribution in [2.45, 2.75) is 44.6 Å². The van der Waals surface area contributed by atoms with Crippen molar-refractivity contribution in [2.75, 3.05) is 32.7 Å². The predicted molar refractivity (Wildman–Crippen MR) is 71.5 cm³/mol. The summed E-state index contributed by atoms with van der Waals surface area (Å²) in [5, 5.41) is 3.38. The Kier molecular flexibility index (Phi) is 3.73. The molecule has 2 amide bonds. The quantitative estimate of drug-likeness (QED) is 0.828. The highest BCUT2D eigenvalue weighted by molar-refractivity contribution is 5.77. The van der Waals surface area contributed by atoms with Crippen molar-refractivity contribution in [3.8, 4) is 0 Å². The van der Waals surface area contributed by atoms with Gasteiger partial charge in [0.2, 0.25) is 0 Å². The molecule has 1 unspecified atom stereocenters. The fourth-order valence-electron chi connectivity index (χ4n) is 3.69. The molecule has 4 nitrogen and oxygen atoms in total. The number of amides is 2. The zero-order chi connectivity index (χ0) is 12.4. The third kappa shape index (κ3) is 2.48. The molecule has 2 aliphatic heterocycles. The van der Waals surface area contributed by atoms with Crippen molar-refractivity contribution in [1.82, 2.24) is 15.1 Å². The van der Waals surface area contributed by atoms with Crippen molar-refractivity contribution in [1.29, 1.82) is 0 Å². The van der Waals surface area contributed by atoms with E-state index in [0.717, 1.165) is 38.6 Å². The van der Waals surface area contributed by atoms with Crippen LogP contribution < -0.4 is 5.32 Å². The van der Waals surface area contributed by atoms with Gasteiger partial charge in [0.05, 0.1) is 6.04 Å². The van der Waals surface area contributed by atoms with Crippen molar-refractivity contribution < 1.29 is 4.79 Å². The molecule has 3 aliphatic rings. The van der Waals surface area contributed by atoms with Crippen molar-refractivity contribution in [3.05, 3.63) is 0 Å². The summed E-state index contributed by atoms with van der Waals surface area (Å²) in [5.74, 6) is 0.877. The normalized spacial score (nSPS) is 29.8. The molecule has 2 heterocycles. The second kappa shape index (κ2) is 5.47. The van der Waals surface area contributed by atoms with E-state index in [1.54, 1.807) is 0 Å². The lowest BCUT2D eigenvalue weighted by Crippen LogP contribution is -2.49. The molecule has 1 N–H and O–H groups in total. The van der Waals surface area contributed by atoms with Crippen molar-refractivity contribution in [2.24, 2.45) is 5.92 Å². The van der Waals surface area contributed by atoms with E-state index in [-0.39, 0.29) is 6.03 Å². The molecule has 3 fully saturated rings. The average Bonchev–Trinajstić information content (AvgIpc) is 2.75. The minimum Gasteiger partial charge on any atom is -0.323 e. The lowest BCUT2D eigenvalue weighted by Gasteiger charge is -2.28. The fraction of sp³-hybridized carbons (Fsp3) is 0.929. The van der Waals surface area contributed by atoms with E-state index in [4.69, 9.17) is 0 Å². The summed E-state index contributed by atoms with van der Waals surface area (Å²) in [6.07, 6.45) is 8.21. The molecule has 1 atom stereocenters. The number of nitrogens with zero attached hydrogens (tertiary/aromatic N) is 2. The Labute approximate surface area is 110 Å². The molecular weight excluding hydrogens is 226 g/mol. The molecule has 0 spiro atoms. The van der Waals surface area contributed by atoms with E-state index >= 15 is 0 Å². The van der Waals surface area contributed by atoms with E-state index < -0.39 is 0 Å². The average molecular weight is 251 g/mol. The van der Waals surface area contributed by atoms with Crippen LogP contribution in [0.15, 0.2) is 0 Å². The smallest absolute Gasteiger partial charge is 0.320 e. The summed E-state index contributed by atoms with van der Waals surface area (Å²) in [4.78, 5) is 16.4. The maximum atomic E-state index is 12.2. The van der Waals surface area contributed by atoms with Crippen LogP contribution in [-0.2, 0) is 0 Å². The number of rotatable bonds is 3. The van der Waals surface area contributed by atoms with Crippen LogP contribution in [0.3, 0.4) is 0 Å². The molecule has 2 saturated heterocycles. The number of fused-ring (bicyclic) bond motifs is 1. The Balaban J connectivity index is 1.49. The zero-order valence-corrected chi connectivity index (χ0v) is 11.2. The summed E-state index contributed by atoms with van der Waals surface area (Å²) in [6, 6.07) is 0.718. The van der Waals surface area contributed by atoms with E-state index in [2.05, 4.69) is 15.1 Å². The van der Waals surface area contributed by atoms with Crippen LogP contribution in [0, 0.1) is 5.92 Å². The first-order valence-electron chi connectivity index (χ1n) is 7.61. The molecule has 0 aromatic heterocycles. The van der Waals surface area contributed by atoms with E-state index in [1.807, 2.05) is 0 Å². The van der Waals surface area contributed by atoms with E-state index in [0.29, 0.717) is 6.04 Å².